The third-order valence-electron chi connectivity index (χ3n) is 8.25. The molecule has 0 bridgehead atoms. The lowest BCUT2D eigenvalue weighted by Gasteiger charge is -2.26. The molecule has 0 spiro atoms. The van der Waals surface area contributed by atoms with Gasteiger partial charge < -0.3 is 19.1 Å². The molecule has 3 aromatic heterocycles. The number of hydrogen-bond donors (Lipinski definition) is 0. The molecule has 0 aliphatic carbocycles. The summed E-state index contributed by atoms with van der Waals surface area (Å²) in [5.41, 5.74) is 3.43. The molecule has 1 amide bonds. The van der Waals surface area contributed by atoms with Gasteiger partial charge in [-0.25, -0.2) is 14.5 Å². The lowest BCUT2D eigenvalue weighted by molar-refractivity contribution is 0.0274. The fourth-order valence-corrected chi connectivity index (χ4v) is 6.60. The molecule has 4 aromatic rings. The molecule has 2 unspecified atom stereocenters. The van der Waals surface area contributed by atoms with Crippen molar-refractivity contribution in [3.63, 3.8) is 0 Å². The zero-order valence-electron chi connectivity index (χ0n) is 26.9. The minimum Gasteiger partial charge on any atom is -0.444 e. The number of hydrogen-bond acceptors (Lipinski definition) is 8. The summed E-state index contributed by atoms with van der Waals surface area (Å²) in [7, 11) is -0.291. The number of pyridine rings is 2. The third kappa shape index (κ3) is 7.89. The Kier molecular flexibility index (Phi) is 9.20. The second-order valence-corrected chi connectivity index (χ2v) is 16.4. The van der Waals surface area contributed by atoms with Crippen LogP contribution in [0.3, 0.4) is 0 Å². The number of carbonyl (C=O) groups excluding carboxylic acids is 1. The predicted octanol–water partition coefficient (Wildman–Crippen LogP) is 6.31. The van der Waals surface area contributed by atoms with Crippen molar-refractivity contribution < 1.29 is 19.0 Å². The highest BCUT2D eigenvalue weighted by Gasteiger charge is 2.42. The summed E-state index contributed by atoms with van der Waals surface area (Å²) < 4.78 is 19.4. The summed E-state index contributed by atoms with van der Waals surface area (Å²) in [4.78, 5) is 26.3. The van der Waals surface area contributed by atoms with Gasteiger partial charge in [0.05, 0.1) is 16.9 Å². The van der Waals surface area contributed by atoms with E-state index in [2.05, 4.69) is 40.2 Å². The molecule has 2 atom stereocenters. The lowest BCUT2D eigenvalue weighted by atomic mass is 10.0. The monoisotopic (exact) mass is 627 g/mol. The molecule has 0 N–H and O–H groups in total. The number of likely N-dealkylation sites (tertiary alicyclic amines) is 2. The van der Waals surface area contributed by atoms with Crippen LogP contribution in [-0.2, 0) is 22.7 Å². The minimum atomic E-state index is -0.465. The van der Waals surface area contributed by atoms with E-state index in [1.807, 2.05) is 66.8 Å². The van der Waals surface area contributed by atoms with Crippen molar-refractivity contribution >= 4 is 25.8 Å². The summed E-state index contributed by atoms with van der Waals surface area (Å²) in [6.45, 7) is 15.8. The van der Waals surface area contributed by atoms with Crippen LogP contribution in [0.15, 0.2) is 60.9 Å². The Bertz CT molecular complexity index is 1610. The van der Waals surface area contributed by atoms with Gasteiger partial charge in [-0.15, -0.1) is 0 Å². The minimum absolute atomic E-state index is 0.196. The number of aromatic nitrogens is 4. The number of benzene rings is 1. The zero-order chi connectivity index (χ0) is 31.6. The molecule has 1 radical (unpaired) electrons. The fourth-order valence-electron chi connectivity index (χ4n) is 6.04. The Morgan fingerprint density at radius 2 is 1.80 bits per heavy atom. The number of nitrogens with zero attached hydrogens (tertiary/aromatic N) is 6. The zero-order valence-corrected chi connectivity index (χ0v) is 27.9. The van der Waals surface area contributed by atoms with Crippen LogP contribution < -0.4 is 4.74 Å². The van der Waals surface area contributed by atoms with Gasteiger partial charge in [-0.1, -0.05) is 19.2 Å². The van der Waals surface area contributed by atoms with E-state index in [1.54, 1.807) is 12.4 Å². The first kappa shape index (κ1) is 31.2. The van der Waals surface area contributed by atoms with Crippen LogP contribution in [-0.4, -0.2) is 82.8 Å². The number of fused-ring (bicyclic) bond motifs is 2. The van der Waals surface area contributed by atoms with Gasteiger partial charge in [-0.2, -0.15) is 5.10 Å². The number of rotatable bonds is 10. The molecule has 2 saturated heterocycles. The van der Waals surface area contributed by atoms with E-state index < -0.39 is 5.60 Å². The molecule has 2 fully saturated rings. The summed E-state index contributed by atoms with van der Waals surface area (Å²) in [6, 6.07) is 17.1. The van der Waals surface area contributed by atoms with Crippen LogP contribution in [0.1, 0.15) is 26.5 Å². The largest absolute Gasteiger partial charge is 0.444 e. The van der Waals surface area contributed by atoms with Gasteiger partial charge in [0.1, 0.15) is 18.1 Å². The van der Waals surface area contributed by atoms with E-state index in [1.165, 1.54) is 0 Å². The molecule has 2 aliphatic heterocycles. The molecular weight excluding hydrogens is 584 g/mol. The van der Waals surface area contributed by atoms with E-state index >= 15 is 0 Å². The average Bonchev–Trinajstić information content (AvgIpc) is 3.70. The Labute approximate surface area is 266 Å². The normalized spacial score (nSPS) is 18.6. The van der Waals surface area contributed by atoms with Crippen molar-refractivity contribution in [1.82, 2.24) is 29.5 Å². The Morgan fingerprint density at radius 1 is 1.00 bits per heavy atom. The predicted molar refractivity (Wildman–Crippen MR) is 176 cm³/mol. The maximum Gasteiger partial charge on any atom is 0.410 e. The van der Waals surface area contributed by atoms with Gasteiger partial charge in [0, 0.05) is 77.5 Å². The van der Waals surface area contributed by atoms with Crippen LogP contribution in [0.25, 0.3) is 22.2 Å². The first-order chi connectivity index (χ1) is 21.6. The highest BCUT2D eigenvalue weighted by molar-refractivity contribution is 6.55. The quantitative estimate of drug-likeness (QED) is 0.149. The summed E-state index contributed by atoms with van der Waals surface area (Å²) in [5.74, 6) is 2.20. The molecule has 1 aromatic carbocycles. The molecule has 11 heteroatoms. The molecule has 2 aliphatic rings. The van der Waals surface area contributed by atoms with E-state index in [-0.39, 0.29) is 14.9 Å². The van der Waals surface area contributed by atoms with E-state index in [9.17, 15) is 4.79 Å². The molecule has 0 saturated carbocycles. The van der Waals surface area contributed by atoms with Crippen LogP contribution in [0.4, 0.5) is 4.79 Å². The molecule has 6 rings (SSSR count). The Balaban J connectivity index is 1.02. The number of ether oxygens (including phenoxy) is 3. The van der Waals surface area contributed by atoms with Crippen LogP contribution in [0, 0.1) is 11.8 Å². The Morgan fingerprint density at radius 3 is 2.51 bits per heavy atom. The maximum absolute atomic E-state index is 12.5. The average molecular weight is 628 g/mol. The number of amides is 1. The first-order valence-corrected chi connectivity index (χ1v) is 18.4. The van der Waals surface area contributed by atoms with Gasteiger partial charge >= 0.3 is 6.09 Å². The highest BCUT2D eigenvalue weighted by atomic mass is 28.3. The van der Waals surface area contributed by atoms with E-state index in [0.717, 1.165) is 73.2 Å². The third-order valence-corrected chi connectivity index (χ3v) is 9.45. The highest BCUT2D eigenvalue weighted by Crippen LogP contribution is 2.33. The van der Waals surface area contributed by atoms with Crippen molar-refractivity contribution in [1.29, 1.82) is 0 Å². The second kappa shape index (κ2) is 13.3. The number of carbonyl (C=O) groups is 1. The van der Waals surface area contributed by atoms with Crippen molar-refractivity contribution in [3.05, 3.63) is 66.6 Å². The maximum atomic E-state index is 12.5. The van der Waals surface area contributed by atoms with E-state index in [4.69, 9.17) is 19.2 Å². The fraction of sp³-hybridized carbons (Fsp3) is 0.471. The second-order valence-electron chi connectivity index (χ2n) is 13.5. The Hall–Kier alpha value is -3.80. The van der Waals surface area contributed by atoms with Crippen LogP contribution >= 0.6 is 0 Å². The van der Waals surface area contributed by atoms with Crippen molar-refractivity contribution in [2.24, 2.45) is 11.8 Å². The SMILES string of the molecule is C[Si](C)CCOCn1nccc1-c1ccc(Oc2ccc3nc(CN4CC5CN(C(=O)OC(C)(C)C)CC5C4)ccc3c2)nc1. The van der Waals surface area contributed by atoms with Crippen LogP contribution in [0.5, 0.6) is 11.6 Å². The van der Waals surface area contributed by atoms with Gasteiger partial charge in [-0.05, 0) is 75.0 Å². The van der Waals surface area contributed by atoms with Crippen molar-refractivity contribution in [3.8, 4) is 22.9 Å². The van der Waals surface area contributed by atoms with Gasteiger partial charge in [0.2, 0.25) is 5.88 Å². The molecule has 5 heterocycles. The van der Waals surface area contributed by atoms with E-state index in [0.29, 0.717) is 30.2 Å². The molecule has 237 valence electrons. The summed E-state index contributed by atoms with van der Waals surface area (Å²) in [6.07, 6.45) is 3.39. The summed E-state index contributed by atoms with van der Waals surface area (Å²) >= 11 is 0. The lowest BCUT2D eigenvalue weighted by Crippen LogP contribution is -2.37. The smallest absolute Gasteiger partial charge is 0.410 e. The molecular formula is C34H43N6O4Si. The van der Waals surface area contributed by atoms with Gasteiger partial charge in [0.15, 0.2) is 0 Å². The topological polar surface area (TPSA) is 94.8 Å². The molecule has 45 heavy (non-hydrogen) atoms. The first-order valence-electron chi connectivity index (χ1n) is 15.7. The van der Waals surface area contributed by atoms with Crippen molar-refractivity contribution in [2.75, 3.05) is 32.8 Å². The molecule has 10 nitrogen and oxygen atoms in total. The van der Waals surface area contributed by atoms with Crippen molar-refractivity contribution in [2.45, 2.75) is 58.8 Å². The van der Waals surface area contributed by atoms with Gasteiger partial charge in [0.25, 0.3) is 0 Å². The standard InChI is InChI=1S/C34H43N6O4Si/c1-34(2,3)44-33(41)39-20-26-18-38(19-27(26)21-39)22-28-8-6-24-16-29(9-10-30(24)37-28)43-32-11-7-25(17-35-32)31-12-13-36-40(31)23-42-14-15-45(4)5/h6-13,16-17,26-27H,14-15,18-23H2,1-5H3. The summed E-state index contributed by atoms with van der Waals surface area (Å²) in [5, 5.41) is 5.43. The van der Waals surface area contributed by atoms with Crippen LogP contribution in [0.2, 0.25) is 19.1 Å². The van der Waals surface area contributed by atoms with Gasteiger partial charge in [-0.3, -0.25) is 9.88 Å².